The van der Waals surface area contributed by atoms with Gasteiger partial charge in [-0.15, -0.1) is 0 Å². The molecule has 1 N–H and O–H groups in total. The molecule has 1 unspecified atom stereocenters. The topological polar surface area (TPSA) is 64.7 Å². The van der Waals surface area contributed by atoms with Crippen LogP contribution in [0.2, 0.25) is 5.02 Å². The molecule has 1 amide bonds. The van der Waals surface area contributed by atoms with E-state index in [0.29, 0.717) is 23.1 Å². The van der Waals surface area contributed by atoms with Crippen LogP contribution in [0, 0.1) is 13.8 Å². The molecule has 7 heteroatoms. The van der Waals surface area contributed by atoms with Gasteiger partial charge >= 0.3 is 0 Å². The van der Waals surface area contributed by atoms with Crippen LogP contribution >= 0.6 is 11.6 Å². The molecular formula is C18H20ClN5O. The highest BCUT2D eigenvalue weighted by molar-refractivity contribution is 6.31. The molecule has 0 aliphatic carbocycles. The minimum Gasteiger partial charge on any atom is -0.307 e. The van der Waals surface area contributed by atoms with Crippen LogP contribution in [0.15, 0.2) is 42.6 Å². The van der Waals surface area contributed by atoms with Gasteiger partial charge in [0.25, 0.3) is 0 Å². The van der Waals surface area contributed by atoms with E-state index in [1.54, 1.807) is 24.7 Å². The smallest absolute Gasteiger partial charge is 0.250 e. The molecule has 0 fully saturated rings. The Morgan fingerprint density at radius 2 is 1.96 bits per heavy atom. The van der Waals surface area contributed by atoms with Crippen molar-refractivity contribution in [2.45, 2.75) is 33.4 Å². The maximum atomic E-state index is 12.4. The fourth-order valence-corrected chi connectivity index (χ4v) is 2.63. The highest BCUT2D eigenvalue weighted by Gasteiger charge is 2.18. The van der Waals surface area contributed by atoms with Crippen LogP contribution in [-0.4, -0.2) is 25.5 Å². The van der Waals surface area contributed by atoms with Gasteiger partial charge in [0.15, 0.2) is 5.82 Å². The summed E-state index contributed by atoms with van der Waals surface area (Å²) >= 11 is 6.01. The lowest BCUT2D eigenvalue weighted by Crippen LogP contribution is -2.24. The van der Waals surface area contributed by atoms with Gasteiger partial charge in [-0.25, -0.2) is 0 Å². The van der Waals surface area contributed by atoms with Crippen LogP contribution in [0.3, 0.4) is 0 Å². The number of hydrogen-bond donors (Lipinski definition) is 1. The van der Waals surface area contributed by atoms with Crippen LogP contribution < -0.4 is 5.32 Å². The van der Waals surface area contributed by atoms with Gasteiger partial charge in [-0.2, -0.15) is 10.2 Å². The Labute approximate surface area is 151 Å². The second-order valence-corrected chi connectivity index (χ2v) is 6.43. The molecule has 130 valence electrons. The molecule has 1 atom stereocenters. The molecule has 2 heterocycles. The maximum absolute atomic E-state index is 12.4. The lowest BCUT2D eigenvalue weighted by Gasteiger charge is -2.11. The summed E-state index contributed by atoms with van der Waals surface area (Å²) in [4.78, 5) is 12.4. The minimum atomic E-state index is -0.481. The zero-order valence-electron chi connectivity index (χ0n) is 14.4. The summed E-state index contributed by atoms with van der Waals surface area (Å²) in [5.74, 6) is 0.337. The van der Waals surface area contributed by atoms with Gasteiger partial charge in [0, 0.05) is 18.0 Å². The molecule has 1 aromatic carbocycles. The zero-order chi connectivity index (χ0) is 18.0. The summed E-state index contributed by atoms with van der Waals surface area (Å²) in [5.41, 5.74) is 2.83. The van der Waals surface area contributed by atoms with Crippen molar-refractivity contribution in [1.82, 2.24) is 19.6 Å². The van der Waals surface area contributed by atoms with Gasteiger partial charge < -0.3 is 5.32 Å². The SMILES string of the molecule is Cc1nn(C(C)C(=O)Nc2cc(C)n(Cc3ccccc3)n2)cc1Cl. The fraction of sp³-hybridized carbons (Fsp3) is 0.278. The molecule has 0 saturated heterocycles. The molecule has 0 aliphatic rings. The van der Waals surface area contributed by atoms with Crippen molar-refractivity contribution in [3.05, 3.63) is 64.6 Å². The summed E-state index contributed by atoms with van der Waals surface area (Å²) in [6.07, 6.45) is 1.65. The number of halogens is 1. The lowest BCUT2D eigenvalue weighted by molar-refractivity contribution is -0.119. The van der Waals surface area contributed by atoms with E-state index in [4.69, 9.17) is 11.6 Å². The van der Waals surface area contributed by atoms with E-state index in [1.165, 1.54) is 0 Å². The third-order valence-electron chi connectivity index (χ3n) is 4.04. The minimum absolute atomic E-state index is 0.191. The van der Waals surface area contributed by atoms with Gasteiger partial charge in [0.1, 0.15) is 6.04 Å². The van der Waals surface area contributed by atoms with E-state index in [9.17, 15) is 4.79 Å². The quantitative estimate of drug-likeness (QED) is 0.758. The monoisotopic (exact) mass is 357 g/mol. The van der Waals surface area contributed by atoms with Crippen LogP contribution in [-0.2, 0) is 11.3 Å². The first-order valence-corrected chi connectivity index (χ1v) is 8.42. The highest BCUT2D eigenvalue weighted by Crippen LogP contribution is 2.18. The van der Waals surface area contributed by atoms with Gasteiger partial charge in [-0.1, -0.05) is 41.9 Å². The molecule has 0 radical (unpaired) electrons. The summed E-state index contributed by atoms with van der Waals surface area (Å²) in [7, 11) is 0. The van der Waals surface area contributed by atoms with Crippen LogP contribution in [0.5, 0.6) is 0 Å². The van der Waals surface area contributed by atoms with Gasteiger partial charge in [0.05, 0.1) is 17.3 Å². The molecule has 2 aromatic heterocycles. The van der Waals surface area contributed by atoms with E-state index < -0.39 is 6.04 Å². The van der Waals surface area contributed by atoms with E-state index in [2.05, 4.69) is 15.5 Å². The van der Waals surface area contributed by atoms with Crippen molar-refractivity contribution >= 4 is 23.3 Å². The van der Waals surface area contributed by atoms with Crippen molar-refractivity contribution in [3.63, 3.8) is 0 Å². The summed E-state index contributed by atoms with van der Waals surface area (Å²) in [6, 6.07) is 11.4. The second kappa shape index (κ2) is 7.11. The number of aromatic nitrogens is 4. The van der Waals surface area contributed by atoms with Crippen molar-refractivity contribution in [2.75, 3.05) is 5.32 Å². The maximum Gasteiger partial charge on any atom is 0.250 e. The number of rotatable bonds is 5. The predicted molar refractivity (Wildman–Crippen MR) is 97.8 cm³/mol. The lowest BCUT2D eigenvalue weighted by atomic mass is 10.2. The Kier molecular flexibility index (Phi) is 4.90. The summed E-state index contributed by atoms with van der Waals surface area (Å²) < 4.78 is 3.42. The molecule has 0 spiro atoms. The Morgan fingerprint density at radius 3 is 2.60 bits per heavy atom. The van der Waals surface area contributed by atoms with E-state index >= 15 is 0 Å². The van der Waals surface area contributed by atoms with E-state index in [0.717, 1.165) is 11.3 Å². The molecule has 3 aromatic rings. The fourth-order valence-electron chi connectivity index (χ4n) is 2.50. The number of benzene rings is 1. The van der Waals surface area contributed by atoms with Gasteiger partial charge in [-0.3, -0.25) is 14.2 Å². The normalized spacial score (nSPS) is 12.2. The number of carbonyl (C=O) groups excluding carboxylic acids is 1. The molecule has 25 heavy (non-hydrogen) atoms. The Hall–Kier alpha value is -2.60. The summed E-state index contributed by atoms with van der Waals surface area (Å²) in [6.45, 7) is 6.20. The molecule has 0 saturated carbocycles. The number of amides is 1. The third-order valence-corrected chi connectivity index (χ3v) is 4.41. The highest BCUT2D eigenvalue weighted by atomic mass is 35.5. The molecule has 3 rings (SSSR count). The standard InChI is InChI=1S/C18H20ClN5O/c1-12-9-17(22-23(12)10-15-7-5-4-6-8-15)20-18(25)14(3)24-11-16(19)13(2)21-24/h4-9,11,14H,10H2,1-3H3,(H,20,22,25). The molecule has 0 bridgehead atoms. The number of hydrogen-bond acceptors (Lipinski definition) is 3. The first-order chi connectivity index (χ1) is 11.9. The van der Waals surface area contributed by atoms with Crippen molar-refractivity contribution < 1.29 is 4.79 Å². The molecule has 0 aliphatic heterocycles. The third kappa shape index (κ3) is 3.91. The molecule has 6 nitrogen and oxygen atoms in total. The predicted octanol–water partition coefficient (Wildman–Crippen LogP) is 3.60. The van der Waals surface area contributed by atoms with Crippen molar-refractivity contribution in [2.24, 2.45) is 0 Å². The average Bonchev–Trinajstić information content (AvgIpc) is 3.10. The Bertz CT molecular complexity index is 865. The van der Waals surface area contributed by atoms with Crippen LogP contribution in [0.25, 0.3) is 0 Å². The van der Waals surface area contributed by atoms with Crippen molar-refractivity contribution in [3.8, 4) is 0 Å². The van der Waals surface area contributed by atoms with Crippen LogP contribution in [0.4, 0.5) is 5.82 Å². The Morgan fingerprint density at radius 1 is 1.24 bits per heavy atom. The number of anilines is 1. The van der Waals surface area contributed by atoms with E-state index in [1.807, 2.05) is 48.0 Å². The van der Waals surface area contributed by atoms with Crippen molar-refractivity contribution in [1.29, 1.82) is 0 Å². The van der Waals surface area contributed by atoms with Crippen LogP contribution in [0.1, 0.15) is 29.9 Å². The Balaban J connectivity index is 1.70. The first kappa shape index (κ1) is 17.2. The second-order valence-electron chi connectivity index (χ2n) is 6.02. The number of nitrogens with zero attached hydrogens (tertiary/aromatic N) is 4. The average molecular weight is 358 g/mol. The van der Waals surface area contributed by atoms with Gasteiger partial charge in [0.2, 0.25) is 5.91 Å². The number of carbonyl (C=O) groups is 1. The number of aryl methyl sites for hydroxylation is 2. The zero-order valence-corrected chi connectivity index (χ0v) is 15.2. The largest absolute Gasteiger partial charge is 0.307 e. The first-order valence-electron chi connectivity index (χ1n) is 8.04. The van der Waals surface area contributed by atoms with Gasteiger partial charge in [-0.05, 0) is 26.3 Å². The van der Waals surface area contributed by atoms with E-state index in [-0.39, 0.29) is 5.91 Å². The molecular weight excluding hydrogens is 338 g/mol. The summed E-state index contributed by atoms with van der Waals surface area (Å²) in [5, 5.41) is 12.1. The number of nitrogens with one attached hydrogen (secondary N) is 1.